The fourth-order valence-corrected chi connectivity index (χ4v) is 4.17. The molecule has 142 valence electrons. The molecule has 6 nitrogen and oxygen atoms in total. The van der Waals surface area contributed by atoms with E-state index in [1.54, 1.807) is 43.3 Å². The smallest absolute Gasteiger partial charge is 0.308 e. The number of anilines is 1. The van der Waals surface area contributed by atoms with E-state index < -0.39 is 17.4 Å². The van der Waals surface area contributed by atoms with Gasteiger partial charge in [0.05, 0.1) is 16.3 Å². The lowest BCUT2D eigenvalue weighted by molar-refractivity contribution is -0.145. The molecule has 0 radical (unpaired) electrons. The van der Waals surface area contributed by atoms with E-state index in [2.05, 4.69) is 10.6 Å². The van der Waals surface area contributed by atoms with E-state index in [-0.39, 0.29) is 11.8 Å². The van der Waals surface area contributed by atoms with Crippen molar-refractivity contribution in [3.05, 3.63) is 52.2 Å². The highest BCUT2D eigenvalue weighted by molar-refractivity contribution is 7.12. The van der Waals surface area contributed by atoms with Gasteiger partial charge in [-0.15, -0.1) is 11.3 Å². The summed E-state index contributed by atoms with van der Waals surface area (Å²) in [4.78, 5) is 37.1. The van der Waals surface area contributed by atoms with Gasteiger partial charge in [0, 0.05) is 11.3 Å². The van der Waals surface area contributed by atoms with Gasteiger partial charge in [-0.25, -0.2) is 0 Å². The quantitative estimate of drug-likeness (QED) is 0.729. The second-order valence-corrected chi connectivity index (χ2v) is 7.97. The summed E-state index contributed by atoms with van der Waals surface area (Å²) in [5, 5.41) is 17.0. The van der Waals surface area contributed by atoms with E-state index in [0.29, 0.717) is 29.0 Å². The Morgan fingerprint density at radius 2 is 1.96 bits per heavy atom. The molecule has 7 heteroatoms. The summed E-state index contributed by atoms with van der Waals surface area (Å²) < 4.78 is 0. The molecule has 2 aromatic rings. The molecule has 1 heterocycles. The number of benzene rings is 1. The van der Waals surface area contributed by atoms with Gasteiger partial charge in [-0.05, 0) is 49.4 Å². The third kappa shape index (κ3) is 4.36. The van der Waals surface area contributed by atoms with Crippen LogP contribution in [0.25, 0.3) is 0 Å². The zero-order valence-corrected chi connectivity index (χ0v) is 15.8. The van der Waals surface area contributed by atoms with Crippen molar-refractivity contribution in [3.8, 4) is 0 Å². The van der Waals surface area contributed by atoms with Crippen LogP contribution in [0.4, 0.5) is 5.69 Å². The normalized spacial score (nSPS) is 22.0. The first-order chi connectivity index (χ1) is 12.9. The van der Waals surface area contributed by atoms with Gasteiger partial charge < -0.3 is 15.7 Å². The minimum absolute atomic E-state index is 0.229. The first-order valence-corrected chi connectivity index (χ1v) is 9.77. The van der Waals surface area contributed by atoms with Gasteiger partial charge in [0.2, 0.25) is 0 Å². The first kappa shape index (κ1) is 19.1. The number of hydrogen-bond acceptors (Lipinski definition) is 4. The van der Waals surface area contributed by atoms with E-state index in [9.17, 15) is 19.5 Å². The van der Waals surface area contributed by atoms with Crippen LogP contribution in [-0.4, -0.2) is 28.4 Å². The lowest BCUT2D eigenvalue weighted by Gasteiger charge is -2.39. The molecule has 2 atom stereocenters. The average Bonchev–Trinajstić information content (AvgIpc) is 3.16. The monoisotopic (exact) mass is 386 g/mol. The number of carbonyl (C=O) groups excluding carboxylic acids is 2. The second-order valence-electron chi connectivity index (χ2n) is 7.02. The van der Waals surface area contributed by atoms with Crippen LogP contribution in [-0.2, 0) is 4.79 Å². The van der Waals surface area contributed by atoms with Gasteiger partial charge in [0.25, 0.3) is 11.8 Å². The van der Waals surface area contributed by atoms with Crippen molar-refractivity contribution in [3.63, 3.8) is 0 Å². The molecule has 1 aromatic carbocycles. The highest BCUT2D eigenvalue weighted by atomic mass is 32.1. The van der Waals surface area contributed by atoms with Crippen molar-refractivity contribution in [2.75, 3.05) is 5.32 Å². The molecule has 1 saturated carbocycles. The molecule has 3 N–H and O–H groups in total. The second kappa shape index (κ2) is 7.92. The molecule has 1 aliphatic carbocycles. The Morgan fingerprint density at radius 3 is 2.67 bits per heavy atom. The van der Waals surface area contributed by atoms with Crippen LogP contribution in [0.2, 0.25) is 0 Å². The molecule has 27 heavy (non-hydrogen) atoms. The number of nitrogens with one attached hydrogen (secondary N) is 2. The maximum Gasteiger partial charge on any atom is 0.308 e. The third-order valence-corrected chi connectivity index (χ3v) is 5.90. The van der Waals surface area contributed by atoms with Crippen LogP contribution in [0.15, 0.2) is 41.8 Å². The van der Waals surface area contributed by atoms with E-state index in [1.807, 2.05) is 5.38 Å². The Kier molecular flexibility index (Phi) is 5.60. The fraction of sp³-hybridized carbons (Fsp3) is 0.350. The van der Waals surface area contributed by atoms with Crippen molar-refractivity contribution in [1.29, 1.82) is 0 Å². The maximum atomic E-state index is 12.7. The molecule has 0 saturated heterocycles. The zero-order valence-electron chi connectivity index (χ0n) is 15.0. The molecule has 3 rings (SSSR count). The standard InChI is InChI=1S/C20H22N2O4S/c1-20(10-3-2-8-15(20)19(25)26)22-17(23)13-6-4-7-14(12-13)21-18(24)16-9-5-11-27-16/h4-7,9,11-12,15H,2-3,8,10H2,1H3,(H,21,24)(H,22,23)(H,25,26). The molecule has 0 spiro atoms. The summed E-state index contributed by atoms with van der Waals surface area (Å²) in [6.45, 7) is 1.80. The van der Waals surface area contributed by atoms with Gasteiger partial charge >= 0.3 is 5.97 Å². The molecule has 1 aromatic heterocycles. The molecule has 0 bridgehead atoms. The Morgan fingerprint density at radius 1 is 1.15 bits per heavy atom. The van der Waals surface area contributed by atoms with E-state index in [4.69, 9.17) is 0 Å². The Balaban J connectivity index is 1.73. The summed E-state index contributed by atoms with van der Waals surface area (Å²) in [5.74, 6) is -2.04. The summed E-state index contributed by atoms with van der Waals surface area (Å²) in [6.07, 6.45) is 2.93. The van der Waals surface area contributed by atoms with E-state index in [0.717, 1.165) is 12.8 Å². The predicted octanol–water partition coefficient (Wildman–Crippen LogP) is 3.76. The molecule has 1 fully saturated rings. The van der Waals surface area contributed by atoms with Crippen molar-refractivity contribution in [1.82, 2.24) is 5.32 Å². The fourth-order valence-electron chi connectivity index (χ4n) is 3.55. The molecular weight excluding hydrogens is 364 g/mol. The number of carbonyl (C=O) groups is 3. The van der Waals surface area contributed by atoms with Crippen molar-refractivity contribution >= 4 is 34.8 Å². The van der Waals surface area contributed by atoms with Crippen LogP contribution < -0.4 is 10.6 Å². The van der Waals surface area contributed by atoms with Crippen molar-refractivity contribution < 1.29 is 19.5 Å². The number of carboxylic acids is 1. The largest absolute Gasteiger partial charge is 0.481 e. The lowest BCUT2D eigenvalue weighted by Crippen LogP contribution is -2.55. The number of aliphatic carboxylic acids is 1. The van der Waals surface area contributed by atoms with Crippen molar-refractivity contribution in [2.24, 2.45) is 5.92 Å². The predicted molar refractivity (Wildman–Crippen MR) is 104 cm³/mol. The highest BCUT2D eigenvalue weighted by Gasteiger charge is 2.42. The number of hydrogen-bond donors (Lipinski definition) is 3. The molecular formula is C20H22N2O4S. The third-order valence-electron chi connectivity index (χ3n) is 5.03. The summed E-state index contributed by atoms with van der Waals surface area (Å²) >= 11 is 1.34. The molecule has 1 aliphatic rings. The Labute approximate surface area is 161 Å². The van der Waals surface area contributed by atoms with Gasteiger partial charge in [0.15, 0.2) is 0 Å². The summed E-state index contributed by atoms with van der Waals surface area (Å²) in [5.41, 5.74) is 0.122. The van der Waals surface area contributed by atoms with Gasteiger partial charge in [0.1, 0.15) is 0 Å². The number of thiophene rings is 1. The highest BCUT2D eigenvalue weighted by Crippen LogP contribution is 2.34. The summed E-state index contributed by atoms with van der Waals surface area (Å²) in [6, 6.07) is 10.2. The minimum atomic E-state index is -0.880. The van der Waals surface area contributed by atoms with E-state index >= 15 is 0 Å². The SMILES string of the molecule is CC1(NC(=O)c2cccc(NC(=O)c3cccs3)c2)CCCCC1C(=O)O. The van der Waals surface area contributed by atoms with Crippen LogP contribution in [0.3, 0.4) is 0 Å². The van der Waals surface area contributed by atoms with Crippen LogP contribution in [0.5, 0.6) is 0 Å². The van der Waals surface area contributed by atoms with Crippen molar-refractivity contribution in [2.45, 2.75) is 38.1 Å². The number of carboxylic acid groups (broad SMARTS) is 1. The lowest BCUT2D eigenvalue weighted by atomic mass is 9.73. The van der Waals surface area contributed by atoms with Crippen LogP contribution in [0, 0.1) is 5.92 Å². The van der Waals surface area contributed by atoms with Gasteiger partial charge in [-0.2, -0.15) is 0 Å². The van der Waals surface area contributed by atoms with Gasteiger partial charge in [-0.3, -0.25) is 14.4 Å². The minimum Gasteiger partial charge on any atom is -0.481 e. The Bertz CT molecular complexity index is 849. The topological polar surface area (TPSA) is 95.5 Å². The first-order valence-electron chi connectivity index (χ1n) is 8.89. The van der Waals surface area contributed by atoms with Crippen LogP contribution in [0.1, 0.15) is 52.6 Å². The molecule has 2 amide bonds. The summed E-state index contributed by atoms with van der Waals surface area (Å²) in [7, 11) is 0. The van der Waals surface area contributed by atoms with Crippen LogP contribution >= 0.6 is 11.3 Å². The zero-order chi connectivity index (χ0) is 19.4. The number of rotatable bonds is 5. The average molecular weight is 386 g/mol. The Hall–Kier alpha value is -2.67. The number of amides is 2. The van der Waals surface area contributed by atoms with Gasteiger partial charge in [-0.1, -0.05) is 25.0 Å². The molecule has 2 unspecified atom stereocenters. The molecule has 0 aliphatic heterocycles. The maximum absolute atomic E-state index is 12.7. The van der Waals surface area contributed by atoms with E-state index in [1.165, 1.54) is 11.3 Å².